The number of hydrogen-bond acceptors (Lipinski definition) is 5. The average Bonchev–Trinajstić information content (AvgIpc) is 3.34. The van der Waals surface area contributed by atoms with Gasteiger partial charge in [-0.25, -0.2) is 8.42 Å². The van der Waals surface area contributed by atoms with Gasteiger partial charge >= 0.3 is 0 Å². The first-order valence-electron chi connectivity index (χ1n) is 10.1. The Morgan fingerprint density at radius 3 is 2.65 bits per heavy atom. The maximum absolute atomic E-state index is 13.2. The minimum absolute atomic E-state index is 0.119. The highest BCUT2D eigenvalue weighted by molar-refractivity contribution is 7.91. The summed E-state index contributed by atoms with van der Waals surface area (Å²) in [7, 11) is -1.59. The number of rotatable bonds is 4. The molecular weight excluding hydrogens is 414 g/mol. The summed E-state index contributed by atoms with van der Waals surface area (Å²) in [5.74, 6) is 1.45. The Bertz CT molecular complexity index is 1470. The molecule has 3 heterocycles. The molecule has 0 radical (unpaired) electrons. The Morgan fingerprint density at radius 1 is 1.23 bits per heavy atom. The summed E-state index contributed by atoms with van der Waals surface area (Å²) >= 11 is 0. The second-order valence-electron chi connectivity index (χ2n) is 8.62. The van der Waals surface area contributed by atoms with E-state index in [1.54, 1.807) is 18.6 Å². The molecule has 160 valence electrons. The van der Waals surface area contributed by atoms with Gasteiger partial charge in [-0.05, 0) is 42.5 Å². The van der Waals surface area contributed by atoms with Gasteiger partial charge in [-0.3, -0.25) is 9.36 Å². The lowest BCUT2D eigenvalue weighted by molar-refractivity contribution is 0.185. The monoisotopic (exact) mass is 437 g/mol. The second-order valence-corrected chi connectivity index (χ2v) is 10.6. The third-order valence-corrected chi connectivity index (χ3v) is 7.43. The number of aryl methyl sites for hydroxylation is 1. The van der Waals surface area contributed by atoms with Gasteiger partial charge in [-0.2, -0.15) is 0 Å². The molecule has 1 N–H and O–H groups in total. The minimum atomic E-state index is -3.53. The van der Waals surface area contributed by atoms with Crippen LogP contribution in [0.4, 0.5) is 0 Å². The number of pyridine rings is 1. The third-order valence-electron chi connectivity index (χ3n) is 6.30. The second kappa shape index (κ2) is 6.65. The van der Waals surface area contributed by atoms with Gasteiger partial charge in [0.25, 0.3) is 5.56 Å². The zero-order valence-electron chi connectivity index (χ0n) is 17.5. The summed E-state index contributed by atoms with van der Waals surface area (Å²) in [5, 5.41) is 8.86. The first-order valence-corrected chi connectivity index (χ1v) is 12.0. The van der Waals surface area contributed by atoms with E-state index in [1.807, 2.05) is 35.9 Å². The Labute approximate surface area is 179 Å². The van der Waals surface area contributed by atoms with E-state index in [2.05, 4.69) is 22.1 Å². The summed E-state index contributed by atoms with van der Waals surface area (Å²) in [5.41, 5.74) is 1.36. The predicted molar refractivity (Wildman–Crippen MR) is 117 cm³/mol. The number of nitrogens with one attached hydrogen (secondary N) is 1. The topological polar surface area (TPSA) is 103 Å². The molecule has 5 rings (SSSR count). The highest BCUT2D eigenvalue weighted by Gasteiger charge is 2.48. The number of H-pyrrole nitrogens is 1. The van der Waals surface area contributed by atoms with Crippen LogP contribution in [0.15, 0.2) is 58.7 Å². The molecule has 1 fully saturated rings. The lowest BCUT2D eigenvalue weighted by Crippen LogP contribution is -2.43. The van der Waals surface area contributed by atoms with E-state index >= 15 is 0 Å². The van der Waals surface area contributed by atoms with Crippen molar-refractivity contribution < 1.29 is 8.42 Å². The fourth-order valence-electron chi connectivity index (χ4n) is 4.95. The van der Waals surface area contributed by atoms with Crippen LogP contribution in [0, 0.1) is 5.92 Å². The number of hydrogen-bond donors (Lipinski definition) is 1. The maximum Gasteiger partial charge on any atom is 0.279 e. The van der Waals surface area contributed by atoms with Crippen LogP contribution in [0.25, 0.3) is 16.6 Å². The molecule has 8 nitrogen and oxygen atoms in total. The Kier molecular flexibility index (Phi) is 4.23. The molecule has 1 saturated carbocycles. The van der Waals surface area contributed by atoms with Gasteiger partial charge in [0.15, 0.2) is 9.84 Å². The molecule has 0 unspecified atom stereocenters. The number of aromatic nitrogens is 5. The number of fused-ring (bicyclic) bond motifs is 1. The van der Waals surface area contributed by atoms with Crippen LogP contribution < -0.4 is 5.56 Å². The van der Waals surface area contributed by atoms with Crippen molar-refractivity contribution in [3.05, 3.63) is 70.8 Å². The van der Waals surface area contributed by atoms with Crippen molar-refractivity contribution in [2.24, 2.45) is 13.0 Å². The van der Waals surface area contributed by atoms with Gasteiger partial charge in [0.1, 0.15) is 17.7 Å². The van der Waals surface area contributed by atoms with Gasteiger partial charge in [0.05, 0.1) is 10.3 Å². The maximum atomic E-state index is 13.2. The van der Waals surface area contributed by atoms with Crippen LogP contribution >= 0.6 is 0 Å². The van der Waals surface area contributed by atoms with Crippen molar-refractivity contribution >= 4 is 20.7 Å². The third kappa shape index (κ3) is 2.95. The molecule has 0 bridgehead atoms. The Balaban J connectivity index is 1.72. The van der Waals surface area contributed by atoms with Gasteiger partial charge in [-0.1, -0.05) is 19.1 Å². The number of nitrogens with zero attached hydrogens (tertiary/aromatic N) is 4. The van der Waals surface area contributed by atoms with Crippen LogP contribution in [0.2, 0.25) is 0 Å². The number of aromatic amines is 1. The lowest BCUT2D eigenvalue weighted by Gasteiger charge is -2.46. The van der Waals surface area contributed by atoms with E-state index in [-0.39, 0.29) is 21.4 Å². The standard InChI is InChI=1S/C22H23N5O3S/c1-14-10-22(11-14,21-25-24-13-26(21)2)15-5-4-6-16(9-15)27-12-18(31(3,29)30)17-7-8-23-19(17)20(27)28/h4-9,12-14,23H,10-11H2,1-3H3. The molecule has 9 heteroatoms. The highest BCUT2D eigenvalue weighted by Crippen LogP contribution is 2.51. The molecule has 1 aliphatic rings. The van der Waals surface area contributed by atoms with Crippen molar-refractivity contribution in [2.45, 2.75) is 30.1 Å². The van der Waals surface area contributed by atoms with Crippen LogP contribution in [0.1, 0.15) is 31.2 Å². The Hall–Kier alpha value is -3.20. The molecule has 0 aliphatic heterocycles. The SMILES string of the molecule is CC1CC(c2cccc(-n3cc(S(C)(=O)=O)c4cc[nH]c4c3=O)c2)(c2nncn2C)C1. The first kappa shape index (κ1) is 19.7. The fourth-order valence-corrected chi connectivity index (χ4v) is 5.82. The smallest absolute Gasteiger partial charge is 0.279 e. The zero-order valence-corrected chi connectivity index (χ0v) is 18.3. The summed E-state index contributed by atoms with van der Waals surface area (Å²) in [6.45, 7) is 2.21. The van der Waals surface area contributed by atoms with Gasteiger partial charge < -0.3 is 9.55 Å². The van der Waals surface area contributed by atoms with Crippen molar-refractivity contribution in [3.8, 4) is 5.69 Å². The van der Waals surface area contributed by atoms with E-state index in [4.69, 9.17) is 0 Å². The van der Waals surface area contributed by atoms with Crippen LogP contribution in [-0.4, -0.2) is 39.0 Å². The van der Waals surface area contributed by atoms with Gasteiger partial charge in [0, 0.05) is 36.8 Å². The van der Waals surface area contributed by atoms with Crippen molar-refractivity contribution in [1.29, 1.82) is 0 Å². The normalized spacial score (nSPS) is 21.3. The molecule has 1 aromatic carbocycles. The van der Waals surface area contributed by atoms with Crippen LogP contribution in [-0.2, 0) is 22.3 Å². The summed E-state index contributed by atoms with van der Waals surface area (Å²) in [6, 6.07) is 9.34. The molecule has 3 aromatic heterocycles. The molecule has 0 amide bonds. The molecular formula is C22H23N5O3S. The molecule has 0 saturated heterocycles. The van der Waals surface area contributed by atoms with Crippen molar-refractivity contribution in [3.63, 3.8) is 0 Å². The summed E-state index contributed by atoms with van der Waals surface area (Å²) in [6.07, 6.45) is 7.72. The molecule has 4 aromatic rings. The van der Waals surface area contributed by atoms with E-state index in [0.717, 1.165) is 30.5 Å². The van der Waals surface area contributed by atoms with E-state index in [9.17, 15) is 13.2 Å². The molecule has 1 aliphatic carbocycles. The largest absolute Gasteiger partial charge is 0.357 e. The van der Waals surface area contributed by atoms with E-state index in [0.29, 0.717) is 17.0 Å². The minimum Gasteiger partial charge on any atom is -0.357 e. The predicted octanol–water partition coefficient (Wildman–Crippen LogP) is 2.57. The van der Waals surface area contributed by atoms with Crippen LogP contribution in [0.3, 0.4) is 0 Å². The lowest BCUT2D eigenvalue weighted by atomic mass is 9.58. The average molecular weight is 438 g/mol. The van der Waals surface area contributed by atoms with Crippen molar-refractivity contribution in [1.82, 2.24) is 24.3 Å². The molecule has 0 spiro atoms. The zero-order chi connectivity index (χ0) is 22.0. The fraction of sp³-hybridized carbons (Fsp3) is 0.318. The van der Waals surface area contributed by atoms with E-state index in [1.165, 1.54) is 10.8 Å². The van der Waals surface area contributed by atoms with Crippen LogP contribution in [0.5, 0.6) is 0 Å². The van der Waals surface area contributed by atoms with Crippen molar-refractivity contribution in [2.75, 3.05) is 6.26 Å². The number of benzene rings is 1. The molecule has 31 heavy (non-hydrogen) atoms. The summed E-state index contributed by atoms with van der Waals surface area (Å²) in [4.78, 5) is 16.2. The van der Waals surface area contributed by atoms with Gasteiger partial charge in [0.2, 0.25) is 0 Å². The highest BCUT2D eigenvalue weighted by atomic mass is 32.2. The quantitative estimate of drug-likeness (QED) is 0.529. The first-order chi connectivity index (χ1) is 14.7. The van der Waals surface area contributed by atoms with E-state index < -0.39 is 9.84 Å². The summed E-state index contributed by atoms with van der Waals surface area (Å²) < 4.78 is 28.2. The number of sulfone groups is 1. The molecule has 0 atom stereocenters. The Morgan fingerprint density at radius 2 is 2.00 bits per heavy atom. The van der Waals surface area contributed by atoms with Gasteiger partial charge in [-0.15, -0.1) is 10.2 Å².